The van der Waals surface area contributed by atoms with Crippen molar-refractivity contribution in [3.8, 4) is 0 Å². The van der Waals surface area contributed by atoms with E-state index >= 15 is 0 Å². The van der Waals surface area contributed by atoms with E-state index in [0.717, 1.165) is 26.1 Å². The molecule has 0 amide bonds. The molecule has 2 rings (SSSR count). The number of rotatable bonds is 0. The predicted molar refractivity (Wildman–Crippen MR) is 44.5 cm³/mol. The van der Waals surface area contributed by atoms with E-state index in [-0.39, 0.29) is 5.60 Å². The molecule has 62 valence electrons. The predicted octanol–water partition coefficient (Wildman–Crippen LogP) is 1.09. The summed E-state index contributed by atoms with van der Waals surface area (Å²) >= 11 is 0. The number of piperidine rings is 1. The average molecular weight is 153 g/mol. The minimum absolute atomic E-state index is 0.160. The first-order valence-corrected chi connectivity index (χ1v) is 4.41. The molecule has 1 unspecified atom stereocenters. The summed E-state index contributed by atoms with van der Waals surface area (Å²) in [6.07, 6.45) is 7.94. The van der Waals surface area contributed by atoms with Gasteiger partial charge in [-0.1, -0.05) is 12.2 Å². The zero-order valence-corrected chi connectivity index (χ0v) is 6.81. The van der Waals surface area contributed by atoms with E-state index < -0.39 is 0 Å². The molecule has 1 fully saturated rings. The van der Waals surface area contributed by atoms with E-state index in [1.54, 1.807) is 0 Å². The third kappa shape index (κ3) is 1.47. The molecule has 1 spiro atoms. The largest absolute Gasteiger partial charge is 0.369 e. The molecule has 0 aliphatic carbocycles. The van der Waals surface area contributed by atoms with Gasteiger partial charge in [0, 0.05) is 6.54 Å². The summed E-state index contributed by atoms with van der Waals surface area (Å²) in [5.41, 5.74) is 0.160. The first-order chi connectivity index (χ1) is 5.41. The summed E-state index contributed by atoms with van der Waals surface area (Å²) in [6.45, 7) is 3.01. The monoisotopic (exact) mass is 153 g/mol. The van der Waals surface area contributed by atoms with Gasteiger partial charge < -0.3 is 10.1 Å². The van der Waals surface area contributed by atoms with E-state index in [9.17, 15) is 0 Å². The molecule has 0 aromatic carbocycles. The Morgan fingerprint density at radius 3 is 3.00 bits per heavy atom. The van der Waals surface area contributed by atoms with Crippen LogP contribution in [0.5, 0.6) is 0 Å². The third-order valence-corrected chi connectivity index (χ3v) is 2.58. The van der Waals surface area contributed by atoms with Crippen LogP contribution in [0.15, 0.2) is 12.2 Å². The maximum atomic E-state index is 5.76. The summed E-state index contributed by atoms with van der Waals surface area (Å²) in [4.78, 5) is 0. The standard InChI is InChI=1S/C9H15NO/c1-2-7-11-9(4-1)5-3-6-10-8-9/h1-2,10H,3-8H2. The molecule has 0 radical (unpaired) electrons. The quantitative estimate of drug-likeness (QED) is 0.526. The van der Waals surface area contributed by atoms with Crippen molar-refractivity contribution in [3.63, 3.8) is 0 Å². The molecule has 1 N–H and O–H groups in total. The highest BCUT2D eigenvalue weighted by atomic mass is 16.5. The second kappa shape index (κ2) is 2.95. The van der Waals surface area contributed by atoms with Gasteiger partial charge in [0.1, 0.15) is 0 Å². The lowest BCUT2D eigenvalue weighted by molar-refractivity contribution is -0.0516. The van der Waals surface area contributed by atoms with Crippen molar-refractivity contribution < 1.29 is 4.74 Å². The van der Waals surface area contributed by atoms with E-state index in [0.29, 0.717) is 0 Å². The Bertz CT molecular complexity index is 159. The number of hydrogen-bond acceptors (Lipinski definition) is 2. The van der Waals surface area contributed by atoms with Crippen molar-refractivity contribution in [1.82, 2.24) is 5.32 Å². The third-order valence-electron chi connectivity index (χ3n) is 2.58. The van der Waals surface area contributed by atoms with Crippen LogP contribution in [0.3, 0.4) is 0 Å². The molecule has 2 aliphatic rings. The van der Waals surface area contributed by atoms with Gasteiger partial charge in [0.15, 0.2) is 0 Å². The highest BCUT2D eigenvalue weighted by molar-refractivity contribution is 5.00. The van der Waals surface area contributed by atoms with Crippen molar-refractivity contribution in [2.75, 3.05) is 19.7 Å². The summed E-state index contributed by atoms with van der Waals surface area (Å²) < 4.78 is 5.76. The smallest absolute Gasteiger partial charge is 0.0845 e. The maximum Gasteiger partial charge on any atom is 0.0845 e. The average Bonchev–Trinajstić information content (AvgIpc) is 2.07. The fourth-order valence-electron chi connectivity index (χ4n) is 1.89. The lowest BCUT2D eigenvalue weighted by Gasteiger charge is -2.38. The van der Waals surface area contributed by atoms with Crippen LogP contribution in [0.25, 0.3) is 0 Å². The molecule has 2 nitrogen and oxygen atoms in total. The molecule has 2 heteroatoms. The van der Waals surface area contributed by atoms with E-state index in [4.69, 9.17) is 4.74 Å². The van der Waals surface area contributed by atoms with Crippen molar-refractivity contribution >= 4 is 0 Å². The first-order valence-electron chi connectivity index (χ1n) is 4.41. The van der Waals surface area contributed by atoms with E-state index in [1.807, 2.05) is 0 Å². The normalized spacial score (nSPS) is 37.8. The fourth-order valence-corrected chi connectivity index (χ4v) is 1.89. The van der Waals surface area contributed by atoms with Gasteiger partial charge in [-0.25, -0.2) is 0 Å². The Morgan fingerprint density at radius 2 is 2.36 bits per heavy atom. The van der Waals surface area contributed by atoms with Crippen molar-refractivity contribution in [3.05, 3.63) is 12.2 Å². The summed E-state index contributed by atoms with van der Waals surface area (Å²) in [5, 5.41) is 3.39. The SMILES string of the molecule is C1=CCC2(CCCNC2)OC1. The first kappa shape index (κ1) is 7.32. The van der Waals surface area contributed by atoms with Gasteiger partial charge in [-0.05, 0) is 25.8 Å². The molecule has 0 aromatic rings. The summed E-state index contributed by atoms with van der Waals surface area (Å²) in [5.74, 6) is 0. The maximum absolute atomic E-state index is 5.76. The van der Waals surface area contributed by atoms with Crippen LogP contribution < -0.4 is 5.32 Å². The molecule has 2 heterocycles. The molecular weight excluding hydrogens is 138 g/mol. The van der Waals surface area contributed by atoms with Crippen LogP contribution in [0.4, 0.5) is 0 Å². The van der Waals surface area contributed by atoms with Crippen LogP contribution in [0, 0.1) is 0 Å². The van der Waals surface area contributed by atoms with Gasteiger partial charge in [-0.15, -0.1) is 0 Å². The van der Waals surface area contributed by atoms with Crippen LogP contribution in [0.1, 0.15) is 19.3 Å². The Balaban J connectivity index is 2.01. The van der Waals surface area contributed by atoms with Gasteiger partial charge in [0.2, 0.25) is 0 Å². The molecule has 0 saturated carbocycles. The molecule has 1 atom stereocenters. The molecule has 11 heavy (non-hydrogen) atoms. The van der Waals surface area contributed by atoms with Gasteiger partial charge in [0.05, 0.1) is 12.2 Å². The lowest BCUT2D eigenvalue weighted by Crippen LogP contribution is -2.48. The number of nitrogens with one attached hydrogen (secondary N) is 1. The van der Waals surface area contributed by atoms with Gasteiger partial charge in [0.25, 0.3) is 0 Å². The second-order valence-corrected chi connectivity index (χ2v) is 3.45. The van der Waals surface area contributed by atoms with Crippen LogP contribution >= 0.6 is 0 Å². The van der Waals surface area contributed by atoms with E-state index in [2.05, 4.69) is 17.5 Å². The highest BCUT2D eigenvalue weighted by Gasteiger charge is 2.32. The van der Waals surface area contributed by atoms with Crippen LogP contribution in [-0.2, 0) is 4.74 Å². The number of hydrogen-bond donors (Lipinski definition) is 1. The topological polar surface area (TPSA) is 21.3 Å². The van der Waals surface area contributed by atoms with Gasteiger partial charge in [-0.2, -0.15) is 0 Å². The van der Waals surface area contributed by atoms with Gasteiger partial charge >= 0.3 is 0 Å². The Kier molecular flexibility index (Phi) is 1.96. The van der Waals surface area contributed by atoms with E-state index in [1.165, 1.54) is 12.8 Å². The molecule has 1 saturated heterocycles. The summed E-state index contributed by atoms with van der Waals surface area (Å²) in [7, 11) is 0. The molecule has 2 aliphatic heterocycles. The van der Waals surface area contributed by atoms with Crippen molar-refractivity contribution in [2.24, 2.45) is 0 Å². The summed E-state index contributed by atoms with van der Waals surface area (Å²) in [6, 6.07) is 0. The lowest BCUT2D eigenvalue weighted by atomic mass is 9.89. The Morgan fingerprint density at radius 1 is 1.36 bits per heavy atom. The van der Waals surface area contributed by atoms with Gasteiger partial charge in [-0.3, -0.25) is 0 Å². The van der Waals surface area contributed by atoms with Crippen LogP contribution in [-0.4, -0.2) is 25.3 Å². The second-order valence-electron chi connectivity index (χ2n) is 3.45. The Hall–Kier alpha value is -0.340. The zero-order valence-electron chi connectivity index (χ0n) is 6.81. The molecule has 0 bridgehead atoms. The highest BCUT2D eigenvalue weighted by Crippen LogP contribution is 2.27. The van der Waals surface area contributed by atoms with Crippen molar-refractivity contribution in [1.29, 1.82) is 0 Å². The number of ether oxygens (including phenoxy) is 1. The fraction of sp³-hybridized carbons (Fsp3) is 0.778. The minimum atomic E-state index is 0.160. The molecule has 0 aromatic heterocycles. The zero-order chi connectivity index (χ0) is 7.57. The molecular formula is C9H15NO. The van der Waals surface area contributed by atoms with Crippen molar-refractivity contribution in [2.45, 2.75) is 24.9 Å². The van der Waals surface area contributed by atoms with Crippen LogP contribution in [0.2, 0.25) is 0 Å². The minimum Gasteiger partial charge on any atom is -0.369 e. The Labute approximate surface area is 67.6 Å².